The second-order valence-electron chi connectivity index (χ2n) is 7.36. The van der Waals surface area contributed by atoms with Gasteiger partial charge in [0.2, 0.25) is 17.8 Å². The smallest absolute Gasteiger partial charge is 0.235 e. The summed E-state index contributed by atoms with van der Waals surface area (Å²) >= 11 is 0. The Bertz CT molecular complexity index is 1250. The summed E-state index contributed by atoms with van der Waals surface area (Å²) < 4.78 is 27.8. The van der Waals surface area contributed by atoms with E-state index in [2.05, 4.69) is 35.5 Å². The third-order valence-corrected chi connectivity index (χ3v) is 5.28. The summed E-state index contributed by atoms with van der Waals surface area (Å²) in [6.45, 7) is 0.610. The zero-order chi connectivity index (χ0) is 22.1. The molecule has 4 N–H and O–H groups in total. The van der Waals surface area contributed by atoms with Crippen molar-refractivity contribution in [2.24, 2.45) is 0 Å². The second-order valence-corrected chi connectivity index (χ2v) is 7.36. The van der Waals surface area contributed by atoms with Crippen LogP contribution in [-0.4, -0.2) is 36.7 Å². The van der Waals surface area contributed by atoms with Gasteiger partial charge in [0.15, 0.2) is 5.82 Å². The molecule has 1 atom stereocenters. The molecule has 11 heteroatoms. The number of hydrogen-bond acceptors (Lipinski definition) is 8. The molecule has 1 aliphatic rings. The maximum absolute atomic E-state index is 14.4. The van der Waals surface area contributed by atoms with Gasteiger partial charge in [0.1, 0.15) is 11.6 Å². The van der Waals surface area contributed by atoms with Crippen LogP contribution in [0, 0.1) is 11.6 Å². The molecule has 1 unspecified atom stereocenters. The molecule has 0 radical (unpaired) electrons. The molecule has 1 fully saturated rings. The van der Waals surface area contributed by atoms with Crippen molar-refractivity contribution in [1.29, 1.82) is 0 Å². The summed E-state index contributed by atoms with van der Waals surface area (Å²) in [6, 6.07) is 8.80. The van der Waals surface area contributed by atoms with Crippen LogP contribution >= 0.6 is 0 Å². The number of pyridine rings is 1. The fraction of sp³-hybridized carbons (Fsp3) is 0.190. The van der Waals surface area contributed by atoms with Crippen molar-refractivity contribution >= 4 is 23.7 Å². The van der Waals surface area contributed by atoms with E-state index in [9.17, 15) is 8.78 Å². The van der Waals surface area contributed by atoms with E-state index in [0.29, 0.717) is 30.3 Å². The Kier molecular flexibility index (Phi) is 5.06. The van der Waals surface area contributed by atoms with Gasteiger partial charge >= 0.3 is 0 Å². The number of aromatic nitrogens is 6. The lowest BCUT2D eigenvalue weighted by atomic mass is 10.0. The van der Waals surface area contributed by atoms with Crippen molar-refractivity contribution in [2.45, 2.75) is 18.9 Å². The average Bonchev–Trinajstić information content (AvgIpc) is 3.44. The molecule has 1 aliphatic heterocycles. The number of anilines is 4. The van der Waals surface area contributed by atoms with Crippen LogP contribution in [0.3, 0.4) is 0 Å². The standard InChI is InChI=1S/C21H19F2N9/c22-13-3-4-14(15(23)10-13)17-2-1-9-32(17)21-28-19(24)27-20(29-21)26-18-11-16(30-31-18)12-5-7-25-8-6-12/h3-8,10-11,17H,1-2,9H2,(H4,24,26,27,28,29,30,31). The highest BCUT2D eigenvalue weighted by Crippen LogP contribution is 2.36. The van der Waals surface area contributed by atoms with Gasteiger partial charge in [-0.25, -0.2) is 8.78 Å². The van der Waals surface area contributed by atoms with Gasteiger partial charge in [0, 0.05) is 42.2 Å². The molecule has 9 nitrogen and oxygen atoms in total. The minimum atomic E-state index is -0.614. The van der Waals surface area contributed by atoms with Gasteiger partial charge < -0.3 is 16.0 Å². The van der Waals surface area contributed by atoms with Crippen molar-refractivity contribution in [3.63, 3.8) is 0 Å². The van der Waals surface area contributed by atoms with Crippen LogP contribution in [-0.2, 0) is 0 Å². The molecule has 0 aliphatic carbocycles. The number of hydrogen-bond donors (Lipinski definition) is 3. The van der Waals surface area contributed by atoms with E-state index in [1.807, 2.05) is 23.1 Å². The summed E-state index contributed by atoms with van der Waals surface area (Å²) in [4.78, 5) is 18.7. The monoisotopic (exact) mass is 435 g/mol. The molecule has 0 bridgehead atoms. The number of benzene rings is 1. The Balaban J connectivity index is 1.41. The Hall–Kier alpha value is -4.15. The molecule has 4 heterocycles. The molecule has 0 amide bonds. The normalized spacial score (nSPS) is 15.8. The van der Waals surface area contributed by atoms with E-state index >= 15 is 0 Å². The number of rotatable bonds is 5. The van der Waals surface area contributed by atoms with Crippen LogP contribution in [0.2, 0.25) is 0 Å². The van der Waals surface area contributed by atoms with Gasteiger partial charge in [-0.2, -0.15) is 20.1 Å². The number of halogens is 2. The zero-order valence-corrected chi connectivity index (χ0v) is 16.8. The minimum absolute atomic E-state index is 0.0209. The molecule has 4 aromatic rings. The number of aromatic amines is 1. The Morgan fingerprint density at radius 1 is 1.06 bits per heavy atom. The van der Waals surface area contributed by atoms with E-state index in [1.54, 1.807) is 12.4 Å². The first-order valence-electron chi connectivity index (χ1n) is 10.0. The highest BCUT2D eigenvalue weighted by Gasteiger charge is 2.31. The summed E-state index contributed by atoms with van der Waals surface area (Å²) in [5, 5.41) is 10.2. The number of nitrogen functional groups attached to an aromatic ring is 1. The van der Waals surface area contributed by atoms with E-state index in [1.165, 1.54) is 12.1 Å². The molecular formula is C21H19F2N9. The van der Waals surface area contributed by atoms with Crippen LogP contribution in [0.1, 0.15) is 24.4 Å². The zero-order valence-electron chi connectivity index (χ0n) is 16.8. The quantitative estimate of drug-likeness (QED) is 0.435. The summed E-state index contributed by atoms with van der Waals surface area (Å²) in [7, 11) is 0. The minimum Gasteiger partial charge on any atom is -0.368 e. The molecule has 3 aromatic heterocycles. The van der Waals surface area contributed by atoms with E-state index in [-0.39, 0.29) is 17.9 Å². The Labute approximate surface area is 181 Å². The van der Waals surface area contributed by atoms with Gasteiger partial charge in [0.25, 0.3) is 0 Å². The van der Waals surface area contributed by atoms with Crippen LogP contribution in [0.15, 0.2) is 48.8 Å². The molecule has 0 spiro atoms. The van der Waals surface area contributed by atoms with Crippen molar-refractivity contribution < 1.29 is 8.78 Å². The van der Waals surface area contributed by atoms with Gasteiger partial charge in [-0.1, -0.05) is 6.07 Å². The van der Waals surface area contributed by atoms with E-state index in [4.69, 9.17) is 5.73 Å². The fourth-order valence-electron chi connectivity index (χ4n) is 3.85. The third-order valence-electron chi connectivity index (χ3n) is 5.28. The van der Waals surface area contributed by atoms with Gasteiger partial charge in [-0.3, -0.25) is 10.1 Å². The van der Waals surface area contributed by atoms with Crippen LogP contribution < -0.4 is 16.0 Å². The summed E-state index contributed by atoms with van der Waals surface area (Å²) in [6.07, 6.45) is 4.88. The highest BCUT2D eigenvalue weighted by atomic mass is 19.1. The van der Waals surface area contributed by atoms with E-state index in [0.717, 1.165) is 23.7 Å². The van der Waals surface area contributed by atoms with Crippen molar-refractivity contribution in [2.75, 3.05) is 22.5 Å². The first-order valence-corrected chi connectivity index (χ1v) is 10.0. The first-order chi connectivity index (χ1) is 15.6. The molecular weight excluding hydrogens is 416 g/mol. The van der Waals surface area contributed by atoms with Crippen LogP contribution in [0.25, 0.3) is 11.3 Å². The third kappa shape index (κ3) is 3.92. The largest absolute Gasteiger partial charge is 0.368 e. The molecule has 0 saturated carbocycles. The number of nitrogens with two attached hydrogens (primary N) is 1. The summed E-state index contributed by atoms with van der Waals surface area (Å²) in [5.74, 6) is -0.163. The van der Waals surface area contributed by atoms with E-state index < -0.39 is 11.6 Å². The SMILES string of the molecule is Nc1nc(Nc2cc(-c3ccncc3)[nH]n2)nc(N2CCCC2c2ccc(F)cc2F)n1. The predicted molar refractivity (Wildman–Crippen MR) is 115 cm³/mol. The number of H-pyrrole nitrogens is 1. The lowest BCUT2D eigenvalue weighted by Crippen LogP contribution is -2.26. The molecule has 1 aromatic carbocycles. The first kappa shape index (κ1) is 19.8. The second kappa shape index (κ2) is 8.17. The van der Waals surface area contributed by atoms with Crippen LogP contribution in [0.5, 0.6) is 0 Å². The fourth-order valence-corrected chi connectivity index (χ4v) is 3.85. The Morgan fingerprint density at radius 3 is 2.72 bits per heavy atom. The summed E-state index contributed by atoms with van der Waals surface area (Å²) in [5.41, 5.74) is 8.04. The molecule has 5 rings (SSSR count). The lowest BCUT2D eigenvalue weighted by molar-refractivity contribution is 0.552. The average molecular weight is 435 g/mol. The van der Waals surface area contributed by atoms with Gasteiger partial charge in [0.05, 0.1) is 11.7 Å². The maximum Gasteiger partial charge on any atom is 0.235 e. The van der Waals surface area contributed by atoms with Gasteiger partial charge in [-0.15, -0.1) is 0 Å². The topological polar surface area (TPSA) is 122 Å². The molecule has 32 heavy (non-hydrogen) atoms. The maximum atomic E-state index is 14.4. The molecule has 1 saturated heterocycles. The van der Waals surface area contributed by atoms with Crippen LogP contribution in [0.4, 0.5) is 32.4 Å². The van der Waals surface area contributed by atoms with Crippen molar-refractivity contribution in [1.82, 2.24) is 30.1 Å². The number of nitrogens with one attached hydrogen (secondary N) is 2. The predicted octanol–water partition coefficient (Wildman–Crippen LogP) is 3.60. The Morgan fingerprint density at radius 2 is 1.91 bits per heavy atom. The van der Waals surface area contributed by atoms with Crippen molar-refractivity contribution in [3.05, 3.63) is 66.0 Å². The van der Waals surface area contributed by atoms with Crippen molar-refractivity contribution in [3.8, 4) is 11.3 Å². The lowest BCUT2D eigenvalue weighted by Gasteiger charge is -2.25. The molecule has 162 valence electrons. The number of nitrogens with zero attached hydrogens (tertiary/aromatic N) is 6. The van der Waals surface area contributed by atoms with Gasteiger partial charge in [-0.05, 0) is 31.0 Å². The highest BCUT2D eigenvalue weighted by molar-refractivity contribution is 5.64.